The molecule has 0 radical (unpaired) electrons. The van der Waals surface area contributed by atoms with Crippen LogP contribution in [0.15, 0.2) is 48.9 Å². The maximum Gasteiger partial charge on any atom is 0.156 e. The zero-order valence-electron chi connectivity index (χ0n) is 17.4. The Bertz CT molecular complexity index is 1430. The molecule has 0 fully saturated rings. The minimum absolute atomic E-state index is 0.0509. The molecule has 5 nitrogen and oxygen atoms in total. The SMILES string of the molecule is CCc1nc2cnc(-c3ccc(F)c(C(C)C)c3)cn2c1-c1ccc2[nH]ncc2c1F. The average molecular weight is 417 g/mol. The van der Waals surface area contributed by atoms with Crippen molar-refractivity contribution in [1.29, 1.82) is 0 Å². The van der Waals surface area contributed by atoms with E-state index in [2.05, 4.69) is 20.2 Å². The molecule has 3 aromatic heterocycles. The lowest BCUT2D eigenvalue weighted by Crippen LogP contribution is -1.98. The summed E-state index contributed by atoms with van der Waals surface area (Å²) in [5, 5.41) is 7.17. The molecule has 0 aliphatic carbocycles. The van der Waals surface area contributed by atoms with Crippen molar-refractivity contribution in [2.24, 2.45) is 0 Å². The fraction of sp³-hybridized carbons (Fsp3) is 0.208. The number of hydrogen-bond acceptors (Lipinski definition) is 3. The van der Waals surface area contributed by atoms with Gasteiger partial charge in [0.05, 0.1) is 40.4 Å². The molecule has 0 aliphatic rings. The summed E-state index contributed by atoms with van der Waals surface area (Å²) in [6, 6.07) is 8.56. The topological polar surface area (TPSA) is 58.9 Å². The van der Waals surface area contributed by atoms with E-state index in [1.165, 1.54) is 12.3 Å². The number of rotatable bonds is 4. The van der Waals surface area contributed by atoms with E-state index >= 15 is 4.39 Å². The first-order valence-electron chi connectivity index (χ1n) is 10.3. The van der Waals surface area contributed by atoms with Crippen LogP contribution in [-0.2, 0) is 6.42 Å². The van der Waals surface area contributed by atoms with Crippen molar-refractivity contribution in [3.05, 3.63) is 71.8 Å². The Balaban J connectivity index is 1.74. The molecule has 2 aromatic carbocycles. The molecule has 0 aliphatic heterocycles. The van der Waals surface area contributed by atoms with Gasteiger partial charge in [-0.3, -0.25) is 14.5 Å². The summed E-state index contributed by atoms with van der Waals surface area (Å²) in [4.78, 5) is 9.20. The smallest absolute Gasteiger partial charge is 0.156 e. The Morgan fingerprint density at radius 2 is 1.94 bits per heavy atom. The fourth-order valence-corrected chi connectivity index (χ4v) is 4.00. The number of aromatic nitrogens is 5. The highest BCUT2D eigenvalue weighted by Crippen LogP contribution is 2.33. The molecule has 156 valence electrons. The van der Waals surface area contributed by atoms with E-state index in [0.29, 0.717) is 45.5 Å². The molecule has 31 heavy (non-hydrogen) atoms. The van der Waals surface area contributed by atoms with E-state index in [4.69, 9.17) is 0 Å². The first kappa shape index (κ1) is 19.4. The number of H-pyrrole nitrogens is 1. The Hall–Kier alpha value is -3.61. The van der Waals surface area contributed by atoms with Gasteiger partial charge >= 0.3 is 0 Å². The van der Waals surface area contributed by atoms with Gasteiger partial charge in [-0.25, -0.2) is 13.8 Å². The van der Waals surface area contributed by atoms with Crippen LogP contribution in [0.4, 0.5) is 8.78 Å². The molecular formula is C24H21F2N5. The Morgan fingerprint density at radius 1 is 1.10 bits per heavy atom. The lowest BCUT2D eigenvalue weighted by molar-refractivity contribution is 0.598. The van der Waals surface area contributed by atoms with Gasteiger partial charge in [0, 0.05) is 17.3 Å². The molecule has 0 unspecified atom stereocenters. The Kier molecular flexibility index (Phi) is 4.54. The number of fused-ring (bicyclic) bond motifs is 2. The normalized spacial score (nSPS) is 11.8. The van der Waals surface area contributed by atoms with E-state index in [-0.39, 0.29) is 17.6 Å². The third-order valence-corrected chi connectivity index (χ3v) is 5.64. The van der Waals surface area contributed by atoms with Crippen LogP contribution in [0, 0.1) is 11.6 Å². The summed E-state index contributed by atoms with van der Waals surface area (Å²) in [7, 11) is 0. The lowest BCUT2D eigenvalue weighted by atomic mass is 9.99. The second-order valence-electron chi connectivity index (χ2n) is 7.91. The molecule has 0 bridgehead atoms. The van der Waals surface area contributed by atoms with Gasteiger partial charge in [-0.2, -0.15) is 5.10 Å². The van der Waals surface area contributed by atoms with Crippen LogP contribution in [0.1, 0.15) is 37.9 Å². The molecule has 0 saturated heterocycles. The number of nitrogens with one attached hydrogen (secondary N) is 1. The second-order valence-corrected chi connectivity index (χ2v) is 7.91. The van der Waals surface area contributed by atoms with E-state index in [9.17, 15) is 4.39 Å². The van der Waals surface area contributed by atoms with Gasteiger partial charge in [0.25, 0.3) is 0 Å². The molecule has 5 aromatic rings. The highest BCUT2D eigenvalue weighted by molar-refractivity contribution is 5.85. The first-order chi connectivity index (χ1) is 15.0. The van der Waals surface area contributed by atoms with Crippen LogP contribution >= 0.6 is 0 Å². The van der Waals surface area contributed by atoms with Crippen molar-refractivity contribution in [1.82, 2.24) is 24.6 Å². The summed E-state index contributed by atoms with van der Waals surface area (Å²) < 4.78 is 31.4. The minimum atomic E-state index is -0.343. The minimum Gasteiger partial charge on any atom is -0.296 e. The Labute approximate surface area is 177 Å². The van der Waals surface area contributed by atoms with Crippen LogP contribution in [0.5, 0.6) is 0 Å². The number of nitrogens with zero attached hydrogens (tertiary/aromatic N) is 4. The molecule has 0 saturated carbocycles. The summed E-state index contributed by atoms with van der Waals surface area (Å²) in [5.41, 5.74) is 5.30. The van der Waals surface area contributed by atoms with Crippen molar-refractivity contribution in [2.45, 2.75) is 33.1 Å². The maximum absolute atomic E-state index is 15.4. The van der Waals surface area contributed by atoms with Crippen molar-refractivity contribution < 1.29 is 8.78 Å². The van der Waals surface area contributed by atoms with E-state index in [0.717, 1.165) is 11.3 Å². The van der Waals surface area contributed by atoms with Crippen LogP contribution in [0.3, 0.4) is 0 Å². The van der Waals surface area contributed by atoms with Crippen molar-refractivity contribution >= 4 is 16.6 Å². The first-order valence-corrected chi connectivity index (χ1v) is 10.3. The van der Waals surface area contributed by atoms with Gasteiger partial charge < -0.3 is 0 Å². The second kappa shape index (κ2) is 7.27. The zero-order valence-corrected chi connectivity index (χ0v) is 17.4. The standard InChI is InChI=1S/C24H21F2N5/c1-4-19-24(15-6-8-20-17(23(15)26)10-28-30-20)31-12-21(27-11-22(31)29-19)14-5-7-18(25)16(9-14)13(2)3/h5-13H,4H2,1-3H3,(H,28,30). The van der Waals surface area contributed by atoms with E-state index in [1.807, 2.05) is 43.5 Å². The molecule has 0 amide bonds. The largest absolute Gasteiger partial charge is 0.296 e. The summed E-state index contributed by atoms with van der Waals surface area (Å²) in [6.45, 7) is 5.90. The highest BCUT2D eigenvalue weighted by Gasteiger charge is 2.20. The van der Waals surface area contributed by atoms with E-state index < -0.39 is 0 Å². The van der Waals surface area contributed by atoms with E-state index in [1.54, 1.807) is 18.3 Å². The monoisotopic (exact) mass is 417 g/mol. The predicted octanol–water partition coefficient (Wildman–Crippen LogP) is 5.90. The van der Waals surface area contributed by atoms with Gasteiger partial charge in [-0.05, 0) is 48.2 Å². The number of hydrogen-bond donors (Lipinski definition) is 1. The van der Waals surface area contributed by atoms with Crippen LogP contribution in [-0.4, -0.2) is 24.6 Å². The number of aryl methyl sites for hydroxylation is 1. The molecule has 1 N–H and O–H groups in total. The summed E-state index contributed by atoms with van der Waals surface area (Å²) in [5.74, 6) is -0.521. The van der Waals surface area contributed by atoms with Crippen LogP contribution < -0.4 is 0 Å². The molecule has 5 rings (SSSR count). The van der Waals surface area contributed by atoms with Crippen molar-refractivity contribution in [3.8, 4) is 22.5 Å². The quantitative estimate of drug-likeness (QED) is 0.396. The summed E-state index contributed by atoms with van der Waals surface area (Å²) >= 11 is 0. The molecular weight excluding hydrogens is 396 g/mol. The number of benzene rings is 2. The molecule has 0 atom stereocenters. The number of halogens is 2. The van der Waals surface area contributed by atoms with Gasteiger partial charge in [0.2, 0.25) is 0 Å². The number of imidazole rings is 1. The molecule has 3 heterocycles. The van der Waals surface area contributed by atoms with Crippen molar-refractivity contribution in [3.63, 3.8) is 0 Å². The van der Waals surface area contributed by atoms with Crippen LogP contribution in [0.25, 0.3) is 39.1 Å². The van der Waals surface area contributed by atoms with Crippen molar-refractivity contribution in [2.75, 3.05) is 0 Å². The highest BCUT2D eigenvalue weighted by atomic mass is 19.1. The zero-order chi connectivity index (χ0) is 21.7. The lowest BCUT2D eigenvalue weighted by Gasteiger charge is -2.11. The van der Waals surface area contributed by atoms with Crippen LogP contribution in [0.2, 0.25) is 0 Å². The van der Waals surface area contributed by atoms with Gasteiger partial charge in [-0.1, -0.05) is 20.8 Å². The summed E-state index contributed by atoms with van der Waals surface area (Å²) in [6.07, 6.45) is 5.64. The van der Waals surface area contributed by atoms with Gasteiger partial charge in [0.1, 0.15) is 11.6 Å². The number of aromatic amines is 1. The Morgan fingerprint density at radius 3 is 2.71 bits per heavy atom. The molecule has 7 heteroatoms. The maximum atomic E-state index is 15.4. The average Bonchev–Trinajstić information content (AvgIpc) is 3.38. The fourth-order valence-electron chi connectivity index (χ4n) is 4.00. The third kappa shape index (κ3) is 3.08. The van der Waals surface area contributed by atoms with Gasteiger partial charge in [0.15, 0.2) is 5.65 Å². The predicted molar refractivity (Wildman–Crippen MR) is 117 cm³/mol. The third-order valence-electron chi connectivity index (χ3n) is 5.64. The molecule has 0 spiro atoms. The van der Waals surface area contributed by atoms with Gasteiger partial charge in [-0.15, -0.1) is 0 Å².